The fraction of sp³-hybridized carbons (Fsp3) is 0.462. The average Bonchev–Trinajstić information content (AvgIpc) is 2.16. The van der Waals surface area contributed by atoms with E-state index in [2.05, 4.69) is 31.7 Å². The maximum absolute atomic E-state index is 3.70. The molecule has 0 atom stereocenters. The fourth-order valence-electron chi connectivity index (χ4n) is 1.10. The van der Waals surface area contributed by atoms with Gasteiger partial charge in [0.2, 0.25) is 0 Å². The molecule has 1 radical (unpaired) electrons. The Balaban J connectivity index is 3.07. The van der Waals surface area contributed by atoms with Crippen molar-refractivity contribution < 1.29 is 0 Å². The normalized spacial score (nSPS) is 11.5. The average molecular weight is 177 g/mol. The Kier molecular flexibility index (Phi) is 10.5. The van der Waals surface area contributed by atoms with Crippen LogP contribution in [0.3, 0.4) is 0 Å². The van der Waals surface area contributed by atoms with Crippen molar-refractivity contribution in [2.24, 2.45) is 0 Å². The van der Waals surface area contributed by atoms with Gasteiger partial charge < -0.3 is 0 Å². The summed E-state index contributed by atoms with van der Waals surface area (Å²) in [6, 6.07) is 0. The molecule has 0 fully saturated rings. The molecule has 0 aliphatic carbocycles. The van der Waals surface area contributed by atoms with E-state index in [9.17, 15) is 0 Å². The van der Waals surface area contributed by atoms with Crippen LogP contribution in [0.15, 0.2) is 37.0 Å². The summed E-state index contributed by atoms with van der Waals surface area (Å²) in [4.78, 5) is 0. The molecule has 0 aliphatic rings. The van der Waals surface area contributed by atoms with Crippen molar-refractivity contribution in [3.63, 3.8) is 0 Å². The predicted octanol–water partition coefficient (Wildman–Crippen LogP) is 4.46. The van der Waals surface area contributed by atoms with Crippen molar-refractivity contribution >= 4 is 0 Å². The lowest BCUT2D eigenvalue weighted by atomic mass is 10.1. The third-order valence-electron chi connectivity index (χ3n) is 1.86. The molecule has 0 unspecified atom stereocenters. The molecule has 0 N–H and O–H groups in total. The second-order valence-corrected chi connectivity index (χ2v) is 3.09. The van der Waals surface area contributed by atoms with Gasteiger partial charge in [0.05, 0.1) is 0 Å². The molecule has 0 spiro atoms. The highest BCUT2D eigenvalue weighted by molar-refractivity contribution is 4.89. The number of hydrogen-bond donors (Lipinski definition) is 0. The molecule has 0 aromatic carbocycles. The van der Waals surface area contributed by atoms with E-state index in [1.165, 1.54) is 19.3 Å². The molecule has 0 heteroatoms. The minimum absolute atomic E-state index is 1.12. The quantitative estimate of drug-likeness (QED) is 0.379. The number of allylic oxidation sites excluding steroid dienone is 5. The first-order valence-electron chi connectivity index (χ1n) is 5.12. The molecule has 0 nitrogen and oxygen atoms in total. The fourth-order valence-corrected chi connectivity index (χ4v) is 1.10. The van der Waals surface area contributed by atoms with Gasteiger partial charge >= 0.3 is 0 Å². The lowest BCUT2D eigenvalue weighted by molar-refractivity contribution is 0.761. The van der Waals surface area contributed by atoms with E-state index in [-0.39, 0.29) is 0 Å². The molecule has 13 heavy (non-hydrogen) atoms. The van der Waals surface area contributed by atoms with Crippen LogP contribution in [0.2, 0.25) is 0 Å². The van der Waals surface area contributed by atoms with Crippen molar-refractivity contribution in [3.8, 4) is 0 Å². The molecule has 0 heterocycles. The van der Waals surface area contributed by atoms with Crippen LogP contribution in [0.1, 0.15) is 38.5 Å². The topological polar surface area (TPSA) is 0 Å². The molecule has 73 valence electrons. The highest BCUT2D eigenvalue weighted by Crippen LogP contribution is 2.02. The van der Waals surface area contributed by atoms with Gasteiger partial charge in [0.15, 0.2) is 0 Å². The Hall–Kier alpha value is -0.780. The van der Waals surface area contributed by atoms with Crippen LogP contribution < -0.4 is 0 Å². The van der Waals surface area contributed by atoms with E-state index in [0.29, 0.717) is 0 Å². The predicted molar refractivity (Wildman–Crippen MR) is 61.5 cm³/mol. The summed E-state index contributed by atoms with van der Waals surface area (Å²) in [7, 11) is 0. The van der Waals surface area contributed by atoms with Crippen LogP contribution in [-0.4, -0.2) is 0 Å². The summed E-state index contributed by atoms with van der Waals surface area (Å²) in [6.45, 7) is 7.34. The number of rotatable bonds is 8. The zero-order chi connectivity index (χ0) is 9.78. The Bertz CT molecular complexity index is 151. The lowest BCUT2D eigenvalue weighted by Crippen LogP contribution is -1.72. The number of unbranched alkanes of at least 4 members (excludes halogenated alkanes) is 4. The van der Waals surface area contributed by atoms with Gasteiger partial charge in [-0.2, -0.15) is 0 Å². The largest absolute Gasteiger partial charge is 0.103 e. The summed E-state index contributed by atoms with van der Waals surface area (Å²) >= 11 is 0. The van der Waals surface area contributed by atoms with Gasteiger partial charge in [-0.1, -0.05) is 30.4 Å². The molecule has 0 rings (SSSR count). The van der Waals surface area contributed by atoms with Gasteiger partial charge in [0.25, 0.3) is 0 Å². The summed E-state index contributed by atoms with van der Waals surface area (Å²) in [5.41, 5.74) is 0. The van der Waals surface area contributed by atoms with E-state index < -0.39 is 0 Å². The SMILES string of the molecule is [CH2]C=CCCC=CCCCCC=C. The second kappa shape index (κ2) is 11.2. The first-order chi connectivity index (χ1) is 6.41. The van der Waals surface area contributed by atoms with Crippen molar-refractivity contribution in [2.45, 2.75) is 38.5 Å². The zero-order valence-electron chi connectivity index (χ0n) is 8.54. The van der Waals surface area contributed by atoms with Crippen LogP contribution >= 0.6 is 0 Å². The summed E-state index contributed by atoms with van der Waals surface area (Å²) in [5.74, 6) is 0. The van der Waals surface area contributed by atoms with Gasteiger partial charge in [0, 0.05) is 0 Å². The Morgan fingerprint density at radius 3 is 2.08 bits per heavy atom. The van der Waals surface area contributed by atoms with Crippen molar-refractivity contribution in [1.82, 2.24) is 0 Å². The Morgan fingerprint density at radius 1 is 0.769 bits per heavy atom. The minimum atomic E-state index is 1.12. The Labute approximate surface area is 83.0 Å². The zero-order valence-corrected chi connectivity index (χ0v) is 8.54. The van der Waals surface area contributed by atoms with Gasteiger partial charge in [0.1, 0.15) is 0 Å². The minimum Gasteiger partial charge on any atom is -0.103 e. The van der Waals surface area contributed by atoms with E-state index in [1.807, 2.05) is 12.2 Å². The standard InChI is InChI=1S/C13H21/c1-3-5-7-9-11-13-12-10-8-6-4-2/h3-5,11,13H,1-2,6-10,12H2. The summed E-state index contributed by atoms with van der Waals surface area (Å²) in [5, 5.41) is 0. The van der Waals surface area contributed by atoms with Gasteiger partial charge in [-0.15, -0.1) is 6.58 Å². The third kappa shape index (κ3) is 11.2. The number of hydrogen-bond acceptors (Lipinski definition) is 0. The molecule has 0 aliphatic heterocycles. The molecule has 0 aromatic rings. The molecular formula is C13H21. The van der Waals surface area contributed by atoms with Crippen LogP contribution in [0.4, 0.5) is 0 Å². The first-order valence-corrected chi connectivity index (χ1v) is 5.12. The molecular weight excluding hydrogens is 156 g/mol. The van der Waals surface area contributed by atoms with Gasteiger partial charge in [-0.05, 0) is 45.4 Å². The maximum Gasteiger partial charge on any atom is -0.0316 e. The van der Waals surface area contributed by atoms with E-state index in [4.69, 9.17) is 0 Å². The Morgan fingerprint density at radius 2 is 1.38 bits per heavy atom. The molecule has 0 amide bonds. The van der Waals surface area contributed by atoms with E-state index >= 15 is 0 Å². The monoisotopic (exact) mass is 177 g/mol. The highest BCUT2D eigenvalue weighted by atomic mass is 13.9. The summed E-state index contributed by atoms with van der Waals surface area (Å²) in [6.07, 6.45) is 17.7. The van der Waals surface area contributed by atoms with Crippen molar-refractivity contribution in [2.75, 3.05) is 0 Å². The molecule has 0 saturated carbocycles. The van der Waals surface area contributed by atoms with Crippen molar-refractivity contribution in [1.29, 1.82) is 0 Å². The highest BCUT2D eigenvalue weighted by Gasteiger charge is 1.82. The van der Waals surface area contributed by atoms with Crippen LogP contribution in [0.5, 0.6) is 0 Å². The van der Waals surface area contributed by atoms with Gasteiger partial charge in [-0.25, -0.2) is 0 Å². The smallest absolute Gasteiger partial charge is 0.0316 e. The second-order valence-electron chi connectivity index (χ2n) is 3.09. The summed E-state index contributed by atoms with van der Waals surface area (Å²) < 4.78 is 0. The molecule has 0 saturated heterocycles. The van der Waals surface area contributed by atoms with Gasteiger partial charge in [-0.3, -0.25) is 0 Å². The molecule has 0 aromatic heterocycles. The maximum atomic E-state index is 3.70. The van der Waals surface area contributed by atoms with Crippen LogP contribution in [-0.2, 0) is 0 Å². The first kappa shape index (κ1) is 12.2. The van der Waals surface area contributed by atoms with Crippen LogP contribution in [0.25, 0.3) is 0 Å². The van der Waals surface area contributed by atoms with E-state index in [0.717, 1.165) is 19.3 Å². The lowest BCUT2D eigenvalue weighted by Gasteiger charge is -1.92. The van der Waals surface area contributed by atoms with E-state index in [1.54, 1.807) is 0 Å². The van der Waals surface area contributed by atoms with Crippen molar-refractivity contribution in [3.05, 3.63) is 43.9 Å². The third-order valence-corrected chi connectivity index (χ3v) is 1.86. The van der Waals surface area contributed by atoms with Crippen LogP contribution in [0, 0.1) is 6.92 Å². The molecule has 0 bridgehead atoms.